The number of aliphatic carboxylic acids is 1. The van der Waals surface area contributed by atoms with Crippen LogP contribution in [0.2, 0.25) is 0 Å². The standard InChI is InChI=1S/C30H35N5O3.C2HF3O2/c1-20(34-28(36)18-29(37)35-25-10-7-23(8-11-25)30(31)32)24-9-12-27(38-19-21-13-15-33-16-14-21)26(17-24)22-5-3-2-4-6-22;3-2(4,5)1(6)7/h2-12,17,20-21,33H,13-16,18-19H2,1H3,(H3,31,32)(H,34,36)(H,35,37);(H,6,7). The van der Waals surface area contributed by atoms with Crippen molar-refractivity contribution < 1.29 is 37.4 Å². The molecule has 0 aromatic heterocycles. The molecule has 0 aliphatic carbocycles. The number of hydrogen-bond acceptors (Lipinski definition) is 6. The summed E-state index contributed by atoms with van der Waals surface area (Å²) in [6.45, 7) is 4.63. The molecular weight excluding hydrogens is 591 g/mol. The van der Waals surface area contributed by atoms with E-state index in [1.165, 1.54) is 0 Å². The zero-order valence-electron chi connectivity index (χ0n) is 24.6. The van der Waals surface area contributed by atoms with Gasteiger partial charge < -0.3 is 31.5 Å². The fraction of sp³-hybridized carbons (Fsp3) is 0.312. The van der Waals surface area contributed by atoms with Gasteiger partial charge in [-0.15, -0.1) is 0 Å². The minimum absolute atomic E-state index is 0.0481. The van der Waals surface area contributed by atoms with E-state index in [0.717, 1.165) is 48.4 Å². The van der Waals surface area contributed by atoms with Gasteiger partial charge in [0.05, 0.1) is 12.6 Å². The van der Waals surface area contributed by atoms with Crippen LogP contribution < -0.4 is 26.4 Å². The van der Waals surface area contributed by atoms with Gasteiger partial charge in [0.25, 0.3) is 0 Å². The van der Waals surface area contributed by atoms with E-state index in [1.54, 1.807) is 24.3 Å². The average Bonchev–Trinajstić information content (AvgIpc) is 3.01. The smallest absolute Gasteiger partial charge is 0.490 e. The van der Waals surface area contributed by atoms with E-state index in [0.29, 0.717) is 23.8 Å². The van der Waals surface area contributed by atoms with Crippen molar-refractivity contribution in [3.8, 4) is 16.9 Å². The Morgan fingerprint density at radius 3 is 2.22 bits per heavy atom. The van der Waals surface area contributed by atoms with Crippen LogP contribution in [0, 0.1) is 11.3 Å². The van der Waals surface area contributed by atoms with Gasteiger partial charge in [-0.2, -0.15) is 13.2 Å². The first kappa shape index (κ1) is 34.6. The van der Waals surface area contributed by atoms with E-state index >= 15 is 0 Å². The van der Waals surface area contributed by atoms with Crippen molar-refractivity contribution in [2.75, 3.05) is 25.0 Å². The molecule has 0 spiro atoms. The molecule has 1 aliphatic rings. The number of carbonyl (C=O) groups is 3. The molecule has 1 unspecified atom stereocenters. The molecule has 4 rings (SSSR count). The maximum absolute atomic E-state index is 12.6. The molecule has 0 radical (unpaired) electrons. The minimum Gasteiger partial charge on any atom is -0.493 e. The highest BCUT2D eigenvalue weighted by Gasteiger charge is 2.38. The van der Waals surface area contributed by atoms with Gasteiger partial charge in [0, 0.05) is 16.8 Å². The van der Waals surface area contributed by atoms with Crippen LogP contribution in [0.3, 0.4) is 0 Å². The summed E-state index contributed by atoms with van der Waals surface area (Å²) in [6, 6.07) is 22.3. The Labute approximate surface area is 258 Å². The maximum Gasteiger partial charge on any atom is 0.490 e. The van der Waals surface area contributed by atoms with Gasteiger partial charge in [-0.05, 0) is 86.3 Å². The number of piperidine rings is 1. The van der Waals surface area contributed by atoms with Gasteiger partial charge in [-0.3, -0.25) is 15.0 Å². The molecule has 7 N–H and O–H groups in total. The number of amidine groups is 1. The number of anilines is 1. The predicted octanol–water partition coefficient (Wildman–Crippen LogP) is 4.86. The molecule has 1 atom stereocenters. The van der Waals surface area contributed by atoms with Crippen LogP contribution in [-0.4, -0.2) is 54.6 Å². The van der Waals surface area contributed by atoms with E-state index in [4.69, 9.17) is 25.8 Å². The van der Waals surface area contributed by atoms with Crippen molar-refractivity contribution in [1.82, 2.24) is 10.6 Å². The van der Waals surface area contributed by atoms with Crippen LogP contribution in [-0.2, 0) is 14.4 Å². The van der Waals surface area contributed by atoms with Crippen molar-refractivity contribution in [1.29, 1.82) is 5.41 Å². The number of carboxylic acids is 1. The third kappa shape index (κ3) is 11.3. The van der Waals surface area contributed by atoms with Crippen molar-refractivity contribution in [2.24, 2.45) is 11.7 Å². The molecule has 1 saturated heterocycles. The number of alkyl halides is 3. The third-order valence-corrected chi connectivity index (χ3v) is 6.94. The maximum atomic E-state index is 12.6. The van der Waals surface area contributed by atoms with Crippen molar-refractivity contribution in [2.45, 2.75) is 38.4 Å². The minimum atomic E-state index is -5.08. The molecule has 1 fully saturated rings. The van der Waals surface area contributed by atoms with E-state index in [-0.39, 0.29) is 24.2 Å². The summed E-state index contributed by atoms with van der Waals surface area (Å²) in [5.74, 6) is -2.23. The van der Waals surface area contributed by atoms with Gasteiger partial charge in [0.1, 0.15) is 18.0 Å². The Morgan fingerprint density at radius 1 is 1.02 bits per heavy atom. The summed E-state index contributed by atoms with van der Waals surface area (Å²) in [5.41, 5.74) is 9.50. The Balaban J connectivity index is 0.000000707. The number of benzene rings is 3. The second-order valence-electron chi connectivity index (χ2n) is 10.4. The number of ether oxygens (including phenoxy) is 1. The number of nitrogen functional groups attached to an aromatic ring is 1. The highest BCUT2D eigenvalue weighted by Crippen LogP contribution is 2.33. The summed E-state index contributed by atoms with van der Waals surface area (Å²) in [6.07, 6.45) is -3.17. The normalized spacial score (nSPS) is 13.9. The highest BCUT2D eigenvalue weighted by atomic mass is 19.4. The molecule has 13 heteroatoms. The van der Waals surface area contributed by atoms with Crippen LogP contribution in [0.4, 0.5) is 18.9 Å². The number of halogens is 3. The number of nitrogens with two attached hydrogens (primary N) is 1. The lowest BCUT2D eigenvalue weighted by Gasteiger charge is -2.24. The molecule has 45 heavy (non-hydrogen) atoms. The topological polar surface area (TPSA) is 167 Å². The fourth-order valence-corrected chi connectivity index (χ4v) is 4.50. The van der Waals surface area contributed by atoms with Gasteiger partial charge in [-0.25, -0.2) is 4.79 Å². The molecule has 1 aliphatic heterocycles. The third-order valence-electron chi connectivity index (χ3n) is 6.94. The van der Waals surface area contributed by atoms with Gasteiger partial charge in [0.2, 0.25) is 11.8 Å². The largest absolute Gasteiger partial charge is 0.493 e. The summed E-state index contributed by atoms with van der Waals surface area (Å²) in [7, 11) is 0. The Morgan fingerprint density at radius 2 is 1.64 bits per heavy atom. The van der Waals surface area contributed by atoms with Crippen molar-refractivity contribution in [3.63, 3.8) is 0 Å². The monoisotopic (exact) mass is 627 g/mol. The van der Waals surface area contributed by atoms with Gasteiger partial charge >= 0.3 is 12.1 Å². The van der Waals surface area contributed by atoms with Gasteiger partial charge in [-0.1, -0.05) is 36.4 Å². The van der Waals surface area contributed by atoms with E-state index in [9.17, 15) is 22.8 Å². The first-order valence-electron chi connectivity index (χ1n) is 14.2. The first-order chi connectivity index (χ1) is 21.3. The van der Waals surface area contributed by atoms with Crippen LogP contribution in [0.1, 0.15) is 43.4 Å². The van der Waals surface area contributed by atoms with Crippen molar-refractivity contribution in [3.05, 3.63) is 83.9 Å². The molecule has 3 aromatic rings. The molecule has 0 bridgehead atoms. The molecular formula is C32H36F3N5O5. The molecule has 10 nitrogen and oxygen atoms in total. The molecule has 0 saturated carbocycles. The number of nitrogens with one attached hydrogen (secondary N) is 4. The number of hydrogen-bond donors (Lipinski definition) is 6. The summed E-state index contributed by atoms with van der Waals surface area (Å²) >= 11 is 0. The van der Waals surface area contributed by atoms with E-state index in [2.05, 4.69) is 22.0 Å². The molecule has 1 heterocycles. The highest BCUT2D eigenvalue weighted by molar-refractivity contribution is 6.04. The second-order valence-corrected chi connectivity index (χ2v) is 10.4. The number of carbonyl (C=O) groups excluding carboxylic acids is 2. The van der Waals surface area contributed by atoms with Crippen molar-refractivity contribution >= 4 is 29.3 Å². The predicted molar refractivity (Wildman–Crippen MR) is 164 cm³/mol. The lowest BCUT2D eigenvalue weighted by Crippen LogP contribution is -2.30. The molecule has 3 aromatic carbocycles. The SMILES string of the molecule is CC(NC(=O)CC(=O)Nc1ccc(C(=N)N)cc1)c1ccc(OCC2CCNCC2)c(-c2ccccc2)c1.O=C(O)C(F)(F)F. The number of rotatable bonds is 10. The summed E-state index contributed by atoms with van der Waals surface area (Å²) in [4.78, 5) is 33.9. The van der Waals surface area contributed by atoms with Crippen LogP contribution in [0.15, 0.2) is 72.8 Å². The molecule has 240 valence electrons. The average molecular weight is 628 g/mol. The molecule has 2 amide bonds. The van der Waals surface area contributed by atoms with E-state index in [1.807, 2.05) is 49.4 Å². The lowest BCUT2D eigenvalue weighted by molar-refractivity contribution is -0.192. The number of amides is 2. The zero-order chi connectivity index (χ0) is 33.0. The fourth-order valence-electron chi connectivity index (χ4n) is 4.50. The summed E-state index contributed by atoms with van der Waals surface area (Å²) in [5, 5.41) is 23.6. The van der Waals surface area contributed by atoms with Crippen LogP contribution in [0.25, 0.3) is 11.1 Å². The lowest BCUT2D eigenvalue weighted by atomic mass is 9.98. The van der Waals surface area contributed by atoms with E-state index < -0.39 is 18.1 Å². The Hall–Kier alpha value is -4.91. The zero-order valence-corrected chi connectivity index (χ0v) is 24.6. The Kier molecular flexibility index (Phi) is 12.5. The van der Waals surface area contributed by atoms with Crippen LogP contribution >= 0.6 is 0 Å². The summed E-state index contributed by atoms with van der Waals surface area (Å²) < 4.78 is 38.0. The quantitative estimate of drug-likeness (QED) is 0.106. The second kappa shape index (κ2) is 16.2. The first-order valence-corrected chi connectivity index (χ1v) is 14.2. The van der Waals surface area contributed by atoms with Crippen LogP contribution in [0.5, 0.6) is 5.75 Å². The number of carboxylic acid groups (broad SMARTS) is 1. The Bertz CT molecular complexity index is 1460. The van der Waals surface area contributed by atoms with Gasteiger partial charge in [0.15, 0.2) is 0 Å².